The number of fused-ring (bicyclic) bond motifs is 3. The average molecular weight is 646 g/mol. The molecule has 43 heavy (non-hydrogen) atoms. The van der Waals surface area contributed by atoms with E-state index in [4.69, 9.17) is 9.47 Å². The van der Waals surface area contributed by atoms with Gasteiger partial charge in [0.15, 0.2) is 23.1 Å². The van der Waals surface area contributed by atoms with Gasteiger partial charge in [0.2, 0.25) is 11.8 Å². The third-order valence-corrected chi connectivity index (χ3v) is 9.94. The van der Waals surface area contributed by atoms with E-state index in [1.165, 1.54) is 18.1 Å². The molecule has 2 fully saturated rings. The molecule has 2 amide bonds. The van der Waals surface area contributed by atoms with Crippen LogP contribution in [-0.4, -0.2) is 61.9 Å². The van der Waals surface area contributed by atoms with Gasteiger partial charge in [-0.05, 0) is 76.7 Å². The molecule has 0 saturated carbocycles. The maximum absolute atomic E-state index is 14.1. The molecule has 10 heteroatoms. The molecule has 0 radical (unpaired) electrons. The summed E-state index contributed by atoms with van der Waals surface area (Å²) < 4.78 is 10.8. The number of nitrogens with zero attached hydrogens (tertiary/aromatic N) is 2. The highest BCUT2D eigenvalue weighted by atomic mass is 79.9. The van der Waals surface area contributed by atoms with Gasteiger partial charge in [-0.1, -0.05) is 17.7 Å². The predicted molar refractivity (Wildman–Crippen MR) is 161 cm³/mol. The van der Waals surface area contributed by atoms with Crippen LogP contribution in [0.15, 0.2) is 75.8 Å². The lowest BCUT2D eigenvalue weighted by atomic mass is 9.59. The summed E-state index contributed by atoms with van der Waals surface area (Å²) in [6, 6.07) is 12.4. The first-order valence-corrected chi connectivity index (χ1v) is 15.1. The lowest BCUT2D eigenvalue weighted by Crippen LogP contribution is -2.39. The summed E-state index contributed by atoms with van der Waals surface area (Å²) in [5.41, 5.74) is 3.65. The second-order valence-electron chi connectivity index (χ2n) is 11.5. The number of aromatic hydroxyl groups is 1. The van der Waals surface area contributed by atoms with Gasteiger partial charge in [0.05, 0.1) is 42.3 Å². The van der Waals surface area contributed by atoms with Crippen LogP contribution < -0.4 is 14.5 Å². The molecule has 2 aliphatic heterocycles. The fourth-order valence-electron chi connectivity index (χ4n) is 7.36. The number of anilines is 2. The van der Waals surface area contributed by atoms with E-state index < -0.39 is 23.7 Å². The van der Waals surface area contributed by atoms with E-state index in [9.17, 15) is 24.3 Å². The standard InChI is InChI=1S/C33H29BrN2O7/c1-42-27-9-2-17(14-25(27)37)28-20-7-8-21-29(22(20)15-23-30(28)26(38)16-24(34)31(23)39)33(41)36(32(21)40)19-5-3-18(4-6-19)35-10-12-43-13-11-35/h2-7,9,14,16,21-22,28-29,37H,8,10-13,15H2,1H3/t21-,22+,28-,29-/m0/s1. The topological polar surface area (TPSA) is 113 Å². The van der Waals surface area contributed by atoms with Gasteiger partial charge >= 0.3 is 0 Å². The van der Waals surface area contributed by atoms with Crippen LogP contribution in [0.25, 0.3) is 0 Å². The van der Waals surface area contributed by atoms with Crippen LogP contribution in [0, 0.1) is 17.8 Å². The second-order valence-corrected chi connectivity index (χ2v) is 12.3. The zero-order valence-corrected chi connectivity index (χ0v) is 25.0. The summed E-state index contributed by atoms with van der Waals surface area (Å²) in [5.74, 6) is -3.31. The van der Waals surface area contributed by atoms with Gasteiger partial charge in [0.25, 0.3) is 0 Å². The molecular weight excluding hydrogens is 616 g/mol. The summed E-state index contributed by atoms with van der Waals surface area (Å²) >= 11 is 3.25. The first-order valence-electron chi connectivity index (χ1n) is 14.3. The van der Waals surface area contributed by atoms with Crippen molar-refractivity contribution in [2.75, 3.05) is 43.2 Å². The van der Waals surface area contributed by atoms with Crippen LogP contribution in [0.3, 0.4) is 0 Å². The fourth-order valence-corrected chi connectivity index (χ4v) is 7.81. The molecule has 2 saturated heterocycles. The molecule has 0 unspecified atom stereocenters. The number of Topliss-reactive ketones (excluding diaryl/α,β-unsaturated/α-hetero) is 1. The Kier molecular flexibility index (Phi) is 6.85. The van der Waals surface area contributed by atoms with Gasteiger partial charge in [-0.25, -0.2) is 0 Å². The molecule has 5 aliphatic rings. The maximum atomic E-state index is 14.1. The number of hydrogen-bond donors (Lipinski definition) is 1. The third kappa shape index (κ3) is 4.38. The number of carbonyl (C=O) groups is 4. The van der Waals surface area contributed by atoms with Crippen molar-refractivity contribution >= 4 is 50.7 Å². The van der Waals surface area contributed by atoms with Crippen molar-refractivity contribution < 1.29 is 33.8 Å². The number of phenols is 1. The fraction of sp³-hybridized carbons (Fsp3) is 0.333. The number of morpholine rings is 1. The van der Waals surface area contributed by atoms with Crippen molar-refractivity contribution in [2.45, 2.75) is 18.8 Å². The smallest absolute Gasteiger partial charge is 0.238 e. The minimum absolute atomic E-state index is 0.0938. The Labute approximate surface area is 256 Å². The number of phenolic OH excluding ortho intramolecular Hbond substituents is 1. The van der Waals surface area contributed by atoms with Crippen LogP contribution >= 0.6 is 15.9 Å². The minimum Gasteiger partial charge on any atom is -0.504 e. The Hall–Kier alpha value is -4.02. The lowest BCUT2D eigenvalue weighted by Gasteiger charge is -2.42. The molecule has 4 atom stereocenters. The first kappa shape index (κ1) is 27.8. The number of halogens is 1. The molecule has 2 heterocycles. The van der Waals surface area contributed by atoms with Gasteiger partial charge in [0.1, 0.15) is 0 Å². The number of ether oxygens (including phenoxy) is 2. The van der Waals surface area contributed by atoms with E-state index in [0.717, 1.165) is 24.4 Å². The van der Waals surface area contributed by atoms with E-state index in [-0.39, 0.29) is 45.8 Å². The maximum Gasteiger partial charge on any atom is 0.238 e. The van der Waals surface area contributed by atoms with Crippen LogP contribution in [-0.2, 0) is 23.9 Å². The summed E-state index contributed by atoms with van der Waals surface area (Å²) in [5, 5.41) is 10.6. The molecular formula is C33H29BrN2O7. The highest BCUT2D eigenvalue weighted by molar-refractivity contribution is 9.12. The number of imide groups is 1. The Morgan fingerprint density at radius 2 is 1.67 bits per heavy atom. The van der Waals surface area contributed by atoms with Crippen molar-refractivity contribution in [3.63, 3.8) is 0 Å². The van der Waals surface area contributed by atoms with Gasteiger partial charge in [-0.15, -0.1) is 0 Å². The average Bonchev–Trinajstić information content (AvgIpc) is 3.28. The lowest BCUT2D eigenvalue weighted by molar-refractivity contribution is -0.123. The van der Waals surface area contributed by atoms with E-state index in [0.29, 0.717) is 42.0 Å². The Morgan fingerprint density at radius 3 is 2.37 bits per heavy atom. The second kappa shape index (κ2) is 10.6. The number of rotatable bonds is 4. The monoisotopic (exact) mass is 644 g/mol. The molecule has 7 rings (SSSR count). The quantitative estimate of drug-likeness (QED) is 0.299. The first-order chi connectivity index (χ1) is 20.8. The molecule has 0 aromatic heterocycles. The van der Waals surface area contributed by atoms with Gasteiger partial charge in [-0.2, -0.15) is 0 Å². The largest absolute Gasteiger partial charge is 0.504 e. The summed E-state index contributed by atoms with van der Waals surface area (Å²) in [7, 11) is 1.45. The van der Waals surface area contributed by atoms with Crippen LogP contribution in [0.2, 0.25) is 0 Å². The van der Waals surface area contributed by atoms with Crippen LogP contribution in [0.5, 0.6) is 11.5 Å². The summed E-state index contributed by atoms with van der Waals surface area (Å²) in [6.07, 6.45) is 3.77. The van der Waals surface area contributed by atoms with Crippen molar-refractivity contribution in [1.29, 1.82) is 0 Å². The van der Waals surface area contributed by atoms with E-state index in [1.807, 2.05) is 30.3 Å². The summed E-state index contributed by atoms with van der Waals surface area (Å²) in [6.45, 7) is 2.86. The van der Waals surface area contributed by atoms with Gasteiger partial charge < -0.3 is 19.5 Å². The normalized spacial score (nSPS) is 27.0. The number of methoxy groups -OCH3 is 1. The van der Waals surface area contributed by atoms with Crippen LogP contribution in [0.4, 0.5) is 11.4 Å². The SMILES string of the molecule is COc1ccc([C@H]2C3=CC[C@@H]4C(=O)N(c5ccc(N6CCOCC6)cc5)C(=O)[C@@H]4[C@@H]3CC3=C2C(=O)C=C(Br)C3=O)cc1O. The van der Waals surface area contributed by atoms with Crippen molar-refractivity contribution in [3.05, 3.63) is 81.4 Å². The van der Waals surface area contributed by atoms with Gasteiger partial charge in [0, 0.05) is 41.9 Å². The third-order valence-electron chi connectivity index (χ3n) is 9.35. The van der Waals surface area contributed by atoms with Crippen LogP contribution in [0.1, 0.15) is 24.3 Å². The highest BCUT2D eigenvalue weighted by Crippen LogP contribution is 2.56. The molecule has 0 spiro atoms. The Morgan fingerprint density at radius 1 is 0.953 bits per heavy atom. The van der Waals surface area contributed by atoms with E-state index in [2.05, 4.69) is 20.8 Å². The van der Waals surface area contributed by atoms with Crippen molar-refractivity contribution in [2.24, 2.45) is 17.8 Å². The van der Waals surface area contributed by atoms with E-state index in [1.54, 1.807) is 18.2 Å². The number of carbonyl (C=O) groups excluding carboxylic acids is 4. The Balaban J connectivity index is 1.27. The number of hydrogen-bond acceptors (Lipinski definition) is 8. The molecule has 9 nitrogen and oxygen atoms in total. The summed E-state index contributed by atoms with van der Waals surface area (Å²) in [4.78, 5) is 58.2. The Bertz CT molecular complexity index is 1670. The minimum atomic E-state index is -0.678. The molecule has 2 aromatic carbocycles. The molecule has 2 aromatic rings. The van der Waals surface area contributed by atoms with E-state index >= 15 is 0 Å². The molecule has 3 aliphatic carbocycles. The van der Waals surface area contributed by atoms with Crippen molar-refractivity contribution in [3.8, 4) is 11.5 Å². The van der Waals surface area contributed by atoms with Gasteiger partial charge in [-0.3, -0.25) is 24.1 Å². The number of benzene rings is 2. The predicted octanol–water partition coefficient (Wildman–Crippen LogP) is 4.20. The molecule has 0 bridgehead atoms. The van der Waals surface area contributed by atoms with Crippen molar-refractivity contribution in [1.82, 2.24) is 0 Å². The zero-order valence-electron chi connectivity index (χ0n) is 23.4. The number of amides is 2. The number of ketones is 2. The number of allylic oxidation sites excluding steroid dienone is 6. The molecule has 220 valence electrons. The zero-order chi connectivity index (χ0) is 30.0. The highest BCUT2D eigenvalue weighted by Gasteiger charge is 2.56. The molecule has 1 N–H and O–H groups in total.